The summed E-state index contributed by atoms with van der Waals surface area (Å²) in [6.07, 6.45) is 3.47. The van der Waals surface area contributed by atoms with E-state index in [1.165, 1.54) is 0 Å². The Bertz CT molecular complexity index is 913. The van der Waals surface area contributed by atoms with Gasteiger partial charge in [0.1, 0.15) is 0 Å². The molecule has 0 atom stereocenters. The van der Waals surface area contributed by atoms with E-state index >= 15 is 0 Å². The summed E-state index contributed by atoms with van der Waals surface area (Å²) in [6.45, 7) is 0. The molecule has 2 aromatic carbocycles. The minimum atomic E-state index is -3.59. The number of ether oxygens (including phenoxy) is 1. The van der Waals surface area contributed by atoms with Crippen LogP contribution in [0, 0.1) is 17.5 Å². The van der Waals surface area contributed by atoms with Crippen LogP contribution >= 0.6 is 0 Å². The third-order valence-corrected chi connectivity index (χ3v) is 4.30. The molecule has 0 saturated carbocycles. The van der Waals surface area contributed by atoms with Crippen molar-refractivity contribution in [2.75, 3.05) is 11.0 Å². The van der Waals surface area contributed by atoms with Crippen molar-refractivity contribution in [3.05, 3.63) is 52.8 Å². The monoisotopic (exact) mass is 357 g/mol. The topological polar surface area (TPSA) is 55.4 Å². The molecule has 0 spiro atoms. The summed E-state index contributed by atoms with van der Waals surface area (Å²) in [7, 11) is -3.59. The summed E-state index contributed by atoms with van der Waals surface area (Å²) in [6, 6.07) is 4.91. The first-order chi connectivity index (χ1) is 11.2. The average molecular weight is 357 g/mol. The SMILES string of the molecule is CS(=O)(=O)Nc1cc2c(cc1Oc1ccc(F)c(F)c1F)CCC2. The predicted octanol–water partition coefficient (Wildman–Crippen LogP) is 3.76. The number of hydrogen-bond acceptors (Lipinski definition) is 3. The van der Waals surface area contributed by atoms with Crippen molar-refractivity contribution in [2.45, 2.75) is 19.3 Å². The van der Waals surface area contributed by atoms with E-state index < -0.39 is 33.2 Å². The average Bonchev–Trinajstić information content (AvgIpc) is 2.93. The van der Waals surface area contributed by atoms with Gasteiger partial charge >= 0.3 is 0 Å². The highest BCUT2D eigenvalue weighted by molar-refractivity contribution is 7.92. The molecule has 0 unspecified atom stereocenters. The maximum absolute atomic E-state index is 13.8. The van der Waals surface area contributed by atoms with Crippen LogP contribution in [0.15, 0.2) is 24.3 Å². The maximum atomic E-state index is 13.8. The van der Waals surface area contributed by atoms with Crippen LogP contribution in [0.3, 0.4) is 0 Å². The molecular weight excluding hydrogens is 343 g/mol. The molecule has 0 heterocycles. The Kier molecular flexibility index (Phi) is 4.16. The molecule has 24 heavy (non-hydrogen) atoms. The summed E-state index contributed by atoms with van der Waals surface area (Å²) in [5.74, 6) is -4.94. The minimum Gasteiger partial charge on any atom is -0.452 e. The number of aryl methyl sites for hydroxylation is 2. The molecule has 0 fully saturated rings. The molecule has 2 aromatic rings. The Hall–Kier alpha value is -2.22. The van der Waals surface area contributed by atoms with Crippen LogP contribution < -0.4 is 9.46 Å². The second kappa shape index (κ2) is 6.01. The van der Waals surface area contributed by atoms with Crippen molar-refractivity contribution in [1.29, 1.82) is 0 Å². The van der Waals surface area contributed by atoms with Crippen LogP contribution in [0.4, 0.5) is 18.9 Å². The van der Waals surface area contributed by atoms with E-state index in [-0.39, 0.29) is 11.4 Å². The second-order valence-corrected chi connectivity index (χ2v) is 7.37. The Labute approximate surface area is 137 Å². The Morgan fingerprint density at radius 3 is 2.33 bits per heavy atom. The molecule has 128 valence electrons. The van der Waals surface area contributed by atoms with Crippen LogP contribution in [-0.4, -0.2) is 14.7 Å². The molecule has 1 aliphatic rings. The van der Waals surface area contributed by atoms with Crippen LogP contribution in [0.25, 0.3) is 0 Å². The van der Waals surface area contributed by atoms with E-state index in [4.69, 9.17) is 4.74 Å². The van der Waals surface area contributed by atoms with E-state index in [1.54, 1.807) is 12.1 Å². The molecule has 0 bridgehead atoms. The van der Waals surface area contributed by atoms with Gasteiger partial charge in [0.05, 0.1) is 11.9 Å². The highest BCUT2D eigenvalue weighted by Crippen LogP contribution is 2.37. The highest BCUT2D eigenvalue weighted by Gasteiger charge is 2.20. The van der Waals surface area contributed by atoms with Gasteiger partial charge in [-0.15, -0.1) is 0 Å². The molecule has 0 aliphatic heterocycles. The normalized spacial score (nSPS) is 13.7. The van der Waals surface area contributed by atoms with Crippen molar-refractivity contribution >= 4 is 15.7 Å². The fraction of sp³-hybridized carbons (Fsp3) is 0.250. The van der Waals surface area contributed by atoms with Crippen LogP contribution in [0.5, 0.6) is 11.5 Å². The number of hydrogen-bond donors (Lipinski definition) is 1. The smallest absolute Gasteiger partial charge is 0.229 e. The first kappa shape index (κ1) is 16.6. The van der Waals surface area contributed by atoms with E-state index in [0.29, 0.717) is 0 Å². The Morgan fingerprint density at radius 1 is 1.00 bits per heavy atom. The van der Waals surface area contributed by atoms with Gasteiger partial charge in [-0.3, -0.25) is 4.72 Å². The van der Waals surface area contributed by atoms with E-state index in [9.17, 15) is 21.6 Å². The van der Waals surface area contributed by atoms with Gasteiger partial charge in [-0.1, -0.05) is 0 Å². The lowest BCUT2D eigenvalue weighted by atomic mass is 10.1. The molecule has 1 N–H and O–H groups in total. The number of rotatable bonds is 4. The van der Waals surface area contributed by atoms with Gasteiger partial charge in [-0.25, -0.2) is 17.2 Å². The molecule has 0 radical (unpaired) electrons. The lowest BCUT2D eigenvalue weighted by Gasteiger charge is -2.15. The van der Waals surface area contributed by atoms with Gasteiger partial charge in [-0.05, 0) is 54.7 Å². The Balaban J connectivity index is 2.05. The first-order valence-corrected chi connectivity index (χ1v) is 9.08. The van der Waals surface area contributed by atoms with Gasteiger partial charge in [0.2, 0.25) is 15.8 Å². The first-order valence-electron chi connectivity index (χ1n) is 7.19. The number of anilines is 1. The van der Waals surface area contributed by atoms with Crippen LogP contribution in [0.1, 0.15) is 17.5 Å². The third kappa shape index (κ3) is 3.33. The summed E-state index contributed by atoms with van der Waals surface area (Å²) in [5.41, 5.74) is 2.05. The third-order valence-electron chi connectivity index (χ3n) is 3.71. The van der Waals surface area contributed by atoms with Gasteiger partial charge < -0.3 is 4.74 Å². The zero-order valence-electron chi connectivity index (χ0n) is 12.7. The Morgan fingerprint density at radius 2 is 1.67 bits per heavy atom. The van der Waals surface area contributed by atoms with Gasteiger partial charge in [0.15, 0.2) is 23.1 Å². The standard InChI is InChI=1S/C16H14F3NO3S/c1-24(21,22)20-12-7-9-3-2-4-10(9)8-14(12)23-13-6-5-11(17)15(18)16(13)19/h5-8,20H,2-4H2,1H3. The minimum absolute atomic E-state index is 0.0333. The quantitative estimate of drug-likeness (QED) is 0.848. The van der Waals surface area contributed by atoms with Crippen molar-refractivity contribution in [2.24, 2.45) is 0 Å². The van der Waals surface area contributed by atoms with Gasteiger partial charge in [0.25, 0.3) is 0 Å². The lowest BCUT2D eigenvalue weighted by molar-refractivity contribution is 0.395. The fourth-order valence-electron chi connectivity index (χ4n) is 2.67. The zero-order valence-corrected chi connectivity index (χ0v) is 13.5. The molecule has 8 heteroatoms. The maximum Gasteiger partial charge on any atom is 0.229 e. The van der Waals surface area contributed by atoms with Crippen LogP contribution in [-0.2, 0) is 22.9 Å². The summed E-state index contributed by atoms with van der Waals surface area (Å²) in [5, 5.41) is 0. The summed E-state index contributed by atoms with van der Waals surface area (Å²) in [4.78, 5) is 0. The van der Waals surface area contributed by atoms with E-state index in [2.05, 4.69) is 4.72 Å². The molecule has 4 nitrogen and oxygen atoms in total. The number of benzene rings is 2. The molecule has 1 aliphatic carbocycles. The molecule has 0 aromatic heterocycles. The van der Waals surface area contributed by atoms with Crippen molar-refractivity contribution in [3.63, 3.8) is 0 Å². The summed E-state index contributed by atoms with van der Waals surface area (Å²) >= 11 is 0. The number of halogens is 3. The van der Waals surface area contributed by atoms with Gasteiger partial charge in [-0.2, -0.15) is 4.39 Å². The van der Waals surface area contributed by atoms with Crippen molar-refractivity contribution in [3.8, 4) is 11.5 Å². The molecule has 3 rings (SSSR count). The van der Waals surface area contributed by atoms with Gasteiger partial charge in [0, 0.05) is 0 Å². The number of fused-ring (bicyclic) bond motifs is 1. The number of sulfonamides is 1. The fourth-order valence-corrected chi connectivity index (χ4v) is 3.23. The zero-order chi connectivity index (χ0) is 17.5. The largest absolute Gasteiger partial charge is 0.452 e. The molecule has 0 amide bonds. The summed E-state index contributed by atoms with van der Waals surface area (Å²) < 4.78 is 70.9. The molecular formula is C16H14F3NO3S. The van der Waals surface area contributed by atoms with E-state index in [1.807, 2.05) is 0 Å². The second-order valence-electron chi connectivity index (χ2n) is 5.62. The predicted molar refractivity (Wildman–Crippen MR) is 83.3 cm³/mol. The van der Waals surface area contributed by atoms with Crippen molar-refractivity contribution in [1.82, 2.24) is 0 Å². The number of nitrogens with one attached hydrogen (secondary N) is 1. The van der Waals surface area contributed by atoms with Crippen molar-refractivity contribution < 1.29 is 26.3 Å². The van der Waals surface area contributed by atoms with E-state index in [0.717, 1.165) is 48.8 Å². The highest BCUT2D eigenvalue weighted by atomic mass is 32.2. The van der Waals surface area contributed by atoms with Crippen LogP contribution in [0.2, 0.25) is 0 Å². The lowest BCUT2D eigenvalue weighted by Crippen LogP contribution is -2.11. The molecule has 0 saturated heterocycles.